The second kappa shape index (κ2) is 4.33. The van der Waals surface area contributed by atoms with Crippen LogP contribution in [0.3, 0.4) is 0 Å². The molecule has 0 aliphatic heterocycles. The quantitative estimate of drug-likeness (QED) is 0.743. The number of nitrogens with one attached hydrogen (secondary N) is 1. The topological polar surface area (TPSA) is 50.7 Å². The molecule has 4 nitrogen and oxygen atoms in total. The summed E-state index contributed by atoms with van der Waals surface area (Å²) in [5.74, 6) is 0.617. The highest BCUT2D eigenvalue weighted by molar-refractivity contribution is 5.57. The number of H-pyrrole nitrogens is 1. The molecule has 88 valence electrons. The van der Waals surface area contributed by atoms with E-state index < -0.39 is 0 Å². The van der Waals surface area contributed by atoms with Gasteiger partial charge in [-0.05, 0) is 12.1 Å². The van der Waals surface area contributed by atoms with Crippen LogP contribution in [0.5, 0.6) is 0 Å². The van der Waals surface area contributed by atoms with Gasteiger partial charge < -0.3 is 0 Å². The van der Waals surface area contributed by atoms with E-state index in [-0.39, 0.29) is 5.69 Å². The summed E-state index contributed by atoms with van der Waals surface area (Å²) in [4.78, 5) is 11.9. The molecule has 1 N–H and O–H groups in total. The first-order valence-electron chi connectivity index (χ1n) is 5.64. The Morgan fingerprint density at radius 2 is 1.50 bits per heavy atom. The minimum absolute atomic E-state index is 0.236. The van der Waals surface area contributed by atoms with Crippen molar-refractivity contribution >= 4 is 0 Å². The number of rotatable bonds is 2. The molecule has 0 saturated carbocycles. The van der Waals surface area contributed by atoms with Crippen molar-refractivity contribution in [2.75, 3.05) is 0 Å². The van der Waals surface area contributed by atoms with E-state index in [1.54, 1.807) is 4.57 Å². The van der Waals surface area contributed by atoms with Gasteiger partial charge in [0.05, 0.1) is 5.69 Å². The summed E-state index contributed by atoms with van der Waals surface area (Å²) in [6.45, 7) is 0. The van der Waals surface area contributed by atoms with E-state index in [0.717, 1.165) is 11.3 Å². The average Bonchev–Trinajstić information content (AvgIpc) is 2.83. The zero-order valence-corrected chi connectivity index (χ0v) is 9.58. The molecule has 0 unspecified atom stereocenters. The van der Waals surface area contributed by atoms with Crippen LogP contribution < -0.4 is 5.69 Å². The Hall–Kier alpha value is -2.62. The van der Waals surface area contributed by atoms with Crippen LogP contribution in [0.2, 0.25) is 0 Å². The fraction of sp³-hybridized carbons (Fsp3) is 0. The first kappa shape index (κ1) is 10.5. The van der Waals surface area contributed by atoms with Gasteiger partial charge in [0.15, 0.2) is 5.82 Å². The predicted octanol–water partition coefficient (Wildman–Crippen LogP) is 2.23. The van der Waals surface area contributed by atoms with Gasteiger partial charge in [-0.3, -0.25) is 0 Å². The summed E-state index contributed by atoms with van der Waals surface area (Å²) >= 11 is 0. The highest BCUT2D eigenvalue weighted by Gasteiger charge is 2.11. The second-order valence-electron chi connectivity index (χ2n) is 3.89. The molecule has 3 rings (SSSR count). The number of benzene rings is 2. The third-order valence-corrected chi connectivity index (χ3v) is 2.72. The zero-order chi connectivity index (χ0) is 12.4. The van der Waals surface area contributed by atoms with Gasteiger partial charge in [-0.15, -0.1) is 0 Å². The molecule has 0 amide bonds. The van der Waals surface area contributed by atoms with Gasteiger partial charge in [0.1, 0.15) is 0 Å². The maximum atomic E-state index is 11.9. The summed E-state index contributed by atoms with van der Waals surface area (Å²) in [6, 6.07) is 19.1. The van der Waals surface area contributed by atoms with Gasteiger partial charge >= 0.3 is 5.69 Å². The highest BCUT2D eigenvalue weighted by atomic mass is 16.1. The Kier molecular flexibility index (Phi) is 2.53. The van der Waals surface area contributed by atoms with Crippen LogP contribution in [-0.4, -0.2) is 14.8 Å². The molecular formula is C14H11N3O. The zero-order valence-electron chi connectivity index (χ0n) is 9.58. The molecule has 18 heavy (non-hydrogen) atoms. The van der Waals surface area contributed by atoms with Crippen LogP contribution in [0.25, 0.3) is 17.1 Å². The van der Waals surface area contributed by atoms with Crippen LogP contribution in [0, 0.1) is 0 Å². The Labute approximate surface area is 104 Å². The fourth-order valence-electron chi connectivity index (χ4n) is 1.89. The maximum Gasteiger partial charge on any atom is 0.348 e. The summed E-state index contributed by atoms with van der Waals surface area (Å²) in [6.07, 6.45) is 0. The van der Waals surface area contributed by atoms with E-state index in [1.165, 1.54) is 0 Å². The molecule has 1 aromatic heterocycles. The lowest BCUT2D eigenvalue weighted by Crippen LogP contribution is -2.15. The standard InChI is InChI=1S/C14H11N3O/c18-14-16-15-13(11-7-3-1-4-8-11)17(14)12-9-5-2-6-10-12/h1-10H,(H,16,18). The molecule has 0 radical (unpaired) electrons. The molecule has 1 heterocycles. The Morgan fingerprint density at radius 1 is 0.889 bits per heavy atom. The number of nitrogens with zero attached hydrogens (tertiary/aromatic N) is 2. The summed E-state index contributed by atoms with van der Waals surface area (Å²) in [5.41, 5.74) is 1.47. The van der Waals surface area contributed by atoms with Gasteiger partial charge in [0.25, 0.3) is 0 Å². The normalized spacial score (nSPS) is 10.4. The van der Waals surface area contributed by atoms with Gasteiger partial charge in [-0.1, -0.05) is 48.5 Å². The minimum atomic E-state index is -0.236. The molecule has 3 aromatic rings. The van der Waals surface area contributed by atoms with Crippen molar-refractivity contribution in [3.8, 4) is 17.1 Å². The van der Waals surface area contributed by atoms with E-state index in [4.69, 9.17) is 0 Å². The Bertz CT molecular complexity index is 699. The third-order valence-electron chi connectivity index (χ3n) is 2.72. The first-order valence-corrected chi connectivity index (χ1v) is 5.64. The van der Waals surface area contributed by atoms with Gasteiger partial charge in [-0.2, -0.15) is 5.10 Å². The number of aromatic nitrogens is 3. The van der Waals surface area contributed by atoms with Crippen molar-refractivity contribution in [3.63, 3.8) is 0 Å². The van der Waals surface area contributed by atoms with Crippen molar-refractivity contribution in [1.82, 2.24) is 14.8 Å². The SMILES string of the molecule is O=c1[nH]nc(-c2ccccc2)n1-c1ccccc1. The third kappa shape index (κ3) is 1.73. The Morgan fingerprint density at radius 3 is 2.17 bits per heavy atom. The van der Waals surface area contributed by atoms with Crippen molar-refractivity contribution in [3.05, 3.63) is 71.1 Å². The number of aromatic amines is 1. The lowest BCUT2D eigenvalue weighted by atomic mass is 10.2. The van der Waals surface area contributed by atoms with Crippen LogP contribution in [-0.2, 0) is 0 Å². The highest BCUT2D eigenvalue weighted by Crippen LogP contribution is 2.17. The van der Waals surface area contributed by atoms with E-state index in [1.807, 2.05) is 60.7 Å². The number of hydrogen-bond acceptors (Lipinski definition) is 2. The van der Waals surface area contributed by atoms with E-state index in [2.05, 4.69) is 10.2 Å². The van der Waals surface area contributed by atoms with Crippen molar-refractivity contribution < 1.29 is 0 Å². The fourth-order valence-corrected chi connectivity index (χ4v) is 1.89. The molecule has 2 aromatic carbocycles. The number of para-hydroxylation sites is 1. The largest absolute Gasteiger partial charge is 0.348 e. The smallest absolute Gasteiger partial charge is 0.246 e. The lowest BCUT2D eigenvalue weighted by molar-refractivity contribution is 0.985. The number of hydrogen-bond donors (Lipinski definition) is 1. The minimum Gasteiger partial charge on any atom is -0.246 e. The summed E-state index contributed by atoms with van der Waals surface area (Å²) in [7, 11) is 0. The molecule has 4 heteroatoms. The molecule has 0 fully saturated rings. The van der Waals surface area contributed by atoms with Crippen molar-refractivity contribution in [1.29, 1.82) is 0 Å². The van der Waals surface area contributed by atoms with E-state index in [9.17, 15) is 4.79 Å². The Balaban J connectivity index is 2.23. The van der Waals surface area contributed by atoms with Crippen LogP contribution in [0.15, 0.2) is 65.5 Å². The lowest BCUT2D eigenvalue weighted by Gasteiger charge is -2.05. The second-order valence-corrected chi connectivity index (χ2v) is 3.89. The molecular weight excluding hydrogens is 226 g/mol. The molecule has 0 saturated heterocycles. The van der Waals surface area contributed by atoms with Crippen LogP contribution >= 0.6 is 0 Å². The molecule has 0 aliphatic carbocycles. The first-order chi connectivity index (χ1) is 8.86. The predicted molar refractivity (Wildman–Crippen MR) is 69.6 cm³/mol. The van der Waals surface area contributed by atoms with Crippen molar-refractivity contribution in [2.24, 2.45) is 0 Å². The van der Waals surface area contributed by atoms with Crippen molar-refractivity contribution in [2.45, 2.75) is 0 Å². The maximum absolute atomic E-state index is 11.9. The summed E-state index contributed by atoms with van der Waals surface area (Å²) < 4.78 is 1.56. The molecule has 0 bridgehead atoms. The van der Waals surface area contributed by atoms with Crippen LogP contribution in [0.1, 0.15) is 0 Å². The molecule has 0 spiro atoms. The molecule has 0 atom stereocenters. The van der Waals surface area contributed by atoms with Gasteiger partial charge in [0.2, 0.25) is 0 Å². The van der Waals surface area contributed by atoms with E-state index in [0.29, 0.717) is 5.82 Å². The van der Waals surface area contributed by atoms with Gasteiger partial charge in [-0.25, -0.2) is 14.5 Å². The molecule has 0 aliphatic rings. The van der Waals surface area contributed by atoms with Gasteiger partial charge in [0, 0.05) is 5.56 Å². The monoisotopic (exact) mass is 237 g/mol. The summed E-state index contributed by atoms with van der Waals surface area (Å²) in [5, 5.41) is 6.58. The van der Waals surface area contributed by atoms with Crippen LogP contribution in [0.4, 0.5) is 0 Å². The average molecular weight is 237 g/mol. The van der Waals surface area contributed by atoms with E-state index >= 15 is 0 Å².